The van der Waals surface area contributed by atoms with Crippen LogP contribution in [0.1, 0.15) is 13.8 Å². The third-order valence-corrected chi connectivity index (χ3v) is 3.03. The zero-order chi connectivity index (χ0) is 10.9. The van der Waals surface area contributed by atoms with Crippen LogP contribution in [-0.4, -0.2) is 36.2 Å². The quantitative estimate of drug-likeness (QED) is 0.391. The maximum atomic E-state index is 11.3. The van der Waals surface area contributed by atoms with Crippen molar-refractivity contribution < 1.29 is 24.8 Å². The third-order valence-electron chi connectivity index (χ3n) is 3.03. The molecule has 0 spiro atoms. The van der Waals surface area contributed by atoms with E-state index in [1.807, 2.05) is 13.8 Å². The zero-order valence-electron chi connectivity index (χ0n) is 8.56. The average Bonchev–Trinajstić information content (AvgIpc) is 2.68. The van der Waals surface area contributed by atoms with Gasteiger partial charge in [0.15, 0.2) is 0 Å². The van der Waals surface area contributed by atoms with Gasteiger partial charge < -0.3 is 9.84 Å². The number of hydrogen-bond donors (Lipinski definition) is 2. The van der Waals surface area contributed by atoms with Gasteiger partial charge in [-0.2, -0.15) is 0 Å². The second-order valence-electron chi connectivity index (χ2n) is 4.21. The van der Waals surface area contributed by atoms with Gasteiger partial charge in [0, 0.05) is 5.92 Å². The highest BCUT2D eigenvalue weighted by atomic mass is 17.1. The average molecular weight is 204 g/mol. The molecule has 0 aromatic heterocycles. The van der Waals surface area contributed by atoms with E-state index in [-0.39, 0.29) is 29.8 Å². The van der Waals surface area contributed by atoms with Gasteiger partial charge in [0.05, 0.1) is 19.1 Å². The number of methoxy groups -OCH3 is 1. The molecule has 0 saturated heterocycles. The molecule has 5 nitrogen and oxygen atoms in total. The molecule has 82 valence electrons. The topological polar surface area (TPSA) is 76.0 Å². The normalized spacial score (nSPS) is 30.9. The Bertz CT molecular complexity index is 225. The smallest absolute Gasteiger partial charge is 0.309 e. The molecule has 2 N–H and O–H groups in total. The molecule has 0 heterocycles. The van der Waals surface area contributed by atoms with E-state index in [0.717, 1.165) is 0 Å². The Kier molecular flexibility index (Phi) is 3.14. The molecular formula is C9H16O5. The van der Waals surface area contributed by atoms with Crippen LogP contribution in [-0.2, 0) is 14.4 Å². The van der Waals surface area contributed by atoms with Crippen LogP contribution in [0.15, 0.2) is 0 Å². The summed E-state index contributed by atoms with van der Waals surface area (Å²) in [7, 11) is 1.32. The number of esters is 1. The van der Waals surface area contributed by atoms with Gasteiger partial charge in [0.25, 0.3) is 0 Å². The summed E-state index contributed by atoms with van der Waals surface area (Å²) < 4.78 is 4.61. The van der Waals surface area contributed by atoms with Crippen molar-refractivity contribution in [3.8, 4) is 0 Å². The van der Waals surface area contributed by atoms with Crippen LogP contribution in [0.25, 0.3) is 0 Å². The molecule has 0 aliphatic heterocycles. The molecule has 1 saturated carbocycles. The molecule has 3 atom stereocenters. The largest absolute Gasteiger partial charge is 0.469 e. The van der Waals surface area contributed by atoms with Gasteiger partial charge in [-0.05, 0) is 5.41 Å². The number of carbonyl (C=O) groups is 1. The van der Waals surface area contributed by atoms with Crippen LogP contribution in [0.4, 0.5) is 0 Å². The fraction of sp³-hybridized carbons (Fsp3) is 0.889. The van der Waals surface area contributed by atoms with E-state index in [1.54, 1.807) is 0 Å². The van der Waals surface area contributed by atoms with Gasteiger partial charge in [-0.25, -0.2) is 4.89 Å². The van der Waals surface area contributed by atoms with Crippen LogP contribution >= 0.6 is 0 Å². The summed E-state index contributed by atoms with van der Waals surface area (Å²) in [6.45, 7) is 3.57. The summed E-state index contributed by atoms with van der Waals surface area (Å²) in [5.74, 6) is -0.836. The van der Waals surface area contributed by atoms with Gasteiger partial charge in [-0.1, -0.05) is 13.8 Å². The second-order valence-corrected chi connectivity index (χ2v) is 4.21. The van der Waals surface area contributed by atoms with Gasteiger partial charge in [-0.3, -0.25) is 10.1 Å². The van der Waals surface area contributed by atoms with Crippen molar-refractivity contribution in [2.24, 2.45) is 17.3 Å². The van der Waals surface area contributed by atoms with Crippen molar-refractivity contribution in [3.63, 3.8) is 0 Å². The lowest BCUT2D eigenvalue weighted by molar-refractivity contribution is -0.259. The molecule has 0 bridgehead atoms. The number of rotatable bonds is 4. The van der Waals surface area contributed by atoms with Crippen molar-refractivity contribution >= 4 is 5.97 Å². The minimum absolute atomic E-state index is 0.179. The summed E-state index contributed by atoms with van der Waals surface area (Å²) >= 11 is 0. The number of carbonyl (C=O) groups excluding carboxylic acids is 1. The Morgan fingerprint density at radius 1 is 1.57 bits per heavy atom. The molecule has 0 aromatic carbocycles. The molecule has 14 heavy (non-hydrogen) atoms. The minimum atomic E-state index is -0.834. The van der Waals surface area contributed by atoms with Gasteiger partial charge >= 0.3 is 5.97 Å². The van der Waals surface area contributed by atoms with E-state index in [0.29, 0.717) is 0 Å². The first-order valence-electron chi connectivity index (χ1n) is 4.49. The number of hydrogen-bond acceptors (Lipinski definition) is 5. The van der Waals surface area contributed by atoms with Crippen LogP contribution in [0.3, 0.4) is 0 Å². The van der Waals surface area contributed by atoms with Crippen molar-refractivity contribution in [1.82, 2.24) is 0 Å². The monoisotopic (exact) mass is 204 g/mol. The van der Waals surface area contributed by atoms with Crippen LogP contribution in [0.5, 0.6) is 0 Å². The molecule has 1 aliphatic carbocycles. The van der Waals surface area contributed by atoms with Gasteiger partial charge in [0.1, 0.15) is 6.61 Å². The molecule has 3 unspecified atom stereocenters. The Morgan fingerprint density at radius 3 is 2.57 bits per heavy atom. The van der Waals surface area contributed by atoms with E-state index in [4.69, 9.17) is 5.26 Å². The number of aliphatic hydroxyl groups excluding tert-OH is 1. The van der Waals surface area contributed by atoms with Crippen LogP contribution in [0.2, 0.25) is 0 Å². The van der Waals surface area contributed by atoms with Crippen LogP contribution in [0, 0.1) is 17.3 Å². The van der Waals surface area contributed by atoms with Crippen LogP contribution < -0.4 is 0 Å². The zero-order valence-corrected chi connectivity index (χ0v) is 8.56. The summed E-state index contributed by atoms with van der Waals surface area (Å²) in [6, 6.07) is 0. The van der Waals surface area contributed by atoms with Crippen molar-refractivity contribution in [2.45, 2.75) is 20.0 Å². The highest BCUT2D eigenvalue weighted by Gasteiger charge is 2.65. The van der Waals surface area contributed by atoms with Crippen molar-refractivity contribution in [3.05, 3.63) is 0 Å². The third kappa shape index (κ3) is 1.75. The first-order valence-corrected chi connectivity index (χ1v) is 4.49. The van der Waals surface area contributed by atoms with E-state index in [2.05, 4.69) is 9.62 Å². The first kappa shape index (κ1) is 11.4. The van der Waals surface area contributed by atoms with E-state index >= 15 is 0 Å². The maximum Gasteiger partial charge on any atom is 0.309 e. The predicted octanol–water partition coefficient (Wildman–Crippen LogP) is 0.282. The van der Waals surface area contributed by atoms with Gasteiger partial charge in [-0.15, -0.1) is 0 Å². The lowest BCUT2D eigenvalue weighted by Gasteiger charge is -2.08. The Balaban J connectivity index is 2.61. The Labute approximate surface area is 82.6 Å². The predicted molar refractivity (Wildman–Crippen MR) is 47.4 cm³/mol. The molecule has 5 heteroatoms. The van der Waals surface area contributed by atoms with E-state index in [1.165, 1.54) is 7.11 Å². The Hall–Kier alpha value is -0.650. The summed E-state index contributed by atoms with van der Waals surface area (Å²) in [4.78, 5) is 15.1. The molecule has 0 radical (unpaired) electrons. The summed E-state index contributed by atoms with van der Waals surface area (Å²) in [5, 5.41) is 17.7. The van der Waals surface area contributed by atoms with Crippen molar-refractivity contribution in [1.29, 1.82) is 0 Å². The molecule has 0 aromatic rings. The lowest BCUT2D eigenvalue weighted by atomic mass is 10.1. The van der Waals surface area contributed by atoms with E-state index in [9.17, 15) is 9.90 Å². The summed E-state index contributed by atoms with van der Waals surface area (Å²) in [6.07, 6.45) is -0.834. The maximum absolute atomic E-state index is 11.3. The highest BCUT2D eigenvalue weighted by molar-refractivity contribution is 5.77. The molecule has 1 aliphatic rings. The van der Waals surface area contributed by atoms with Gasteiger partial charge in [0.2, 0.25) is 0 Å². The first-order chi connectivity index (χ1) is 6.46. The highest BCUT2D eigenvalue weighted by Crippen LogP contribution is 2.60. The molecule has 1 rings (SSSR count). The number of ether oxygens (including phenoxy) is 1. The fourth-order valence-electron chi connectivity index (χ4n) is 2.15. The molecule has 1 fully saturated rings. The standard InChI is InChI=1S/C9H16O5/c1-9(2)6(5(10)4-14-12)7(9)8(11)13-3/h5-7,10,12H,4H2,1-3H3. The van der Waals surface area contributed by atoms with E-state index < -0.39 is 6.10 Å². The lowest BCUT2D eigenvalue weighted by Crippen LogP contribution is -2.20. The SMILES string of the molecule is COC(=O)C1C(C(O)COO)C1(C)C. The van der Waals surface area contributed by atoms with Crippen molar-refractivity contribution in [2.75, 3.05) is 13.7 Å². The second kappa shape index (κ2) is 3.84. The summed E-state index contributed by atoms with van der Waals surface area (Å²) in [5.41, 5.74) is -0.287. The Morgan fingerprint density at radius 2 is 2.14 bits per heavy atom. The fourth-order valence-corrected chi connectivity index (χ4v) is 2.15. The minimum Gasteiger partial charge on any atom is -0.469 e. The molecule has 0 amide bonds. The number of aliphatic hydroxyl groups is 1. The molecular weight excluding hydrogens is 188 g/mol.